The Hall–Kier alpha value is -0.260. The van der Waals surface area contributed by atoms with Gasteiger partial charge in [0.2, 0.25) is 0 Å². The van der Waals surface area contributed by atoms with E-state index < -0.39 is 0 Å². The van der Waals surface area contributed by atoms with Gasteiger partial charge in [-0.1, -0.05) is 5.16 Å². The molecule has 4 heteroatoms. The molecule has 2 rings (SSSR count). The van der Waals surface area contributed by atoms with Gasteiger partial charge in [-0.25, -0.2) is 0 Å². The molecule has 1 aromatic rings. The third-order valence-corrected chi connectivity index (χ3v) is 2.72. The van der Waals surface area contributed by atoms with Crippen LogP contribution in [-0.4, -0.2) is 5.16 Å². The molecule has 0 radical (unpaired) electrons. The summed E-state index contributed by atoms with van der Waals surface area (Å²) in [6, 6.07) is 0. The fourth-order valence-electron chi connectivity index (χ4n) is 0.904. The molecular weight excluding hydrogens is 243 g/mol. The van der Waals surface area contributed by atoms with Gasteiger partial charge in [-0.2, -0.15) is 0 Å². The molecule has 0 atom stereocenters. The average Bonchev–Trinajstić information content (AvgIpc) is 2.67. The van der Waals surface area contributed by atoms with Crippen molar-refractivity contribution in [3.8, 4) is 0 Å². The first-order chi connectivity index (χ1) is 4.79. The van der Waals surface area contributed by atoms with E-state index in [2.05, 4.69) is 27.7 Å². The smallest absolute Gasteiger partial charge is 0.180 e. The van der Waals surface area contributed by atoms with Crippen molar-refractivity contribution in [1.82, 2.24) is 5.16 Å². The highest BCUT2D eigenvalue weighted by molar-refractivity contribution is 14.1. The lowest BCUT2D eigenvalue weighted by Gasteiger charge is -1.86. The van der Waals surface area contributed by atoms with Crippen LogP contribution in [0.2, 0.25) is 0 Å². The Labute approximate surface area is 72.1 Å². The Morgan fingerprint density at radius 1 is 1.60 bits per heavy atom. The van der Waals surface area contributed by atoms with Gasteiger partial charge in [-0.05, 0) is 35.4 Å². The van der Waals surface area contributed by atoms with E-state index in [9.17, 15) is 0 Å². The fourth-order valence-corrected chi connectivity index (χ4v) is 1.54. The molecule has 54 valence electrons. The first-order valence-corrected chi connectivity index (χ1v) is 4.27. The van der Waals surface area contributed by atoms with Gasteiger partial charge in [0.15, 0.2) is 11.6 Å². The van der Waals surface area contributed by atoms with Gasteiger partial charge in [0.05, 0.1) is 3.57 Å². The lowest BCUT2D eigenvalue weighted by atomic mass is 10.3. The van der Waals surface area contributed by atoms with Crippen molar-refractivity contribution in [1.29, 1.82) is 0 Å². The molecule has 1 aromatic heterocycles. The Kier molecular flexibility index (Phi) is 1.36. The van der Waals surface area contributed by atoms with Crippen LogP contribution in [0, 0.1) is 3.57 Å². The van der Waals surface area contributed by atoms with E-state index in [1.165, 1.54) is 12.8 Å². The normalized spacial score (nSPS) is 17.7. The number of hydrogen-bond donors (Lipinski definition) is 1. The van der Waals surface area contributed by atoms with Gasteiger partial charge in [0, 0.05) is 5.92 Å². The van der Waals surface area contributed by atoms with Crippen LogP contribution in [0.4, 0.5) is 5.82 Å². The topological polar surface area (TPSA) is 52.0 Å². The zero-order valence-electron chi connectivity index (χ0n) is 5.30. The van der Waals surface area contributed by atoms with Crippen LogP contribution in [0.3, 0.4) is 0 Å². The molecule has 1 aliphatic rings. The van der Waals surface area contributed by atoms with Gasteiger partial charge in [-0.3, -0.25) is 0 Å². The summed E-state index contributed by atoms with van der Waals surface area (Å²) in [5.74, 6) is 2.12. The van der Waals surface area contributed by atoms with Gasteiger partial charge in [0.25, 0.3) is 0 Å². The molecule has 0 aromatic carbocycles. The molecule has 1 aliphatic carbocycles. The van der Waals surface area contributed by atoms with E-state index in [4.69, 9.17) is 10.3 Å². The molecule has 1 fully saturated rings. The number of rotatable bonds is 1. The van der Waals surface area contributed by atoms with Crippen LogP contribution < -0.4 is 5.73 Å². The molecule has 10 heavy (non-hydrogen) atoms. The predicted octanol–water partition coefficient (Wildman–Crippen LogP) is 1.74. The quantitative estimate of drug-likeness (QED) is 0.772. The van der Waals surface area contributed by atoms with Gasteiger partial charge >= 0.3 is 0 Å². The van der Waals surface area contributed by atoms with Gasteiger partial charge in [0.1, 0.15) is 0 Å². The molecule has 0 saturated heterocycles. The summed E-state index contributed by atoms with van der Waals surface area (Å²) in [4.78, 5) is 0. The molecule has 0 amide bonds. The van der Waals surface area contributed by atoms with Crippen molar-refractivity contribution in [2.75, 3.05) is 5.73 Å². The van der Waals surface area contributed by atoms with E-state index in [0.29, 0.717) is 11.7 Å². The van der Waals surface area contributed by atoms with Gasteiger partial charge in [-0.15, -0.1) is 0 Å². The Morgan fingerprint density at radius 3 is 2.70 bits per heavy atom. The molecule has 0 unspecified atom stereocenters. The summed E-state index contributed by atoms with van der Waals surface area (Å²) in [7, 11) is 0. The van der Waals surface area contributed by atoms with Crippen LogP contribution in [0.25, 0.3) is 0 Å². The predicted molar refractivity (Wildman–Crippen MR) is 45.6 cm³/mol. The fraction of sp³-hybridized carbons (Fsp3) is 0.500. The molecule has 0 aliphatic heterocycles. The second-order valence-electron chi connectivity index (χ2n) is 2.52. The summed E-state index contributed by atoms with van der Waals surface area (Å²) in [5, 5.41) is 3.67. The van der Waals surface area contributed by atoms with Crippen molar-refractivity contribution >= 4 is 28.4 Å². The zero-order chi connectivity index (χ0) is 7.14. The van der Waals surface area contributed by atoms with E-state index >= 15 is 0 Å². The summed E-state index contributed by atoms with van der Waals surface area (Å²) in [6.45, 7) is 0. The highest BCUT2D eigenvalue weighted by Crippen LogP contribution is 2.43. The largest absolute Gasteiger partial charge is 0.380 e. The van der Waals surface area contributed by atoms with E-state index in [1.54, 1.807) is 0 Å². The van der Waals surface area contributed by atoms with Crippen LogP contribution in [0.15, 0.2) is 4.52 Å². The number of nitrogen functional groups attached to an aromatic ring is 1. The van der Waals surface area contributed by atoms with Crippen molar-refractivity contribution in [3.05, 3.63) is 9.33 Å². The third kappa shape index (κ3) is 0.902. The summed E-state index contributed by atoms with van der Waals surface area (Å²) in [5.41, 5.74) is 5.49. The minimum atomic E-state index is 0.530. The zero-order valence-corrected chi connectivity index (χ0v) is 7.46. The Bertz CT molecular complexity index is 254. The number of anilines is 1. The molecule has 1 saturated carbocycles. The van der Waals surface area contributed by atoms with Gasteiger partial charge < -0.3 is 10.3 Å². The van der Waals surface area contributed by atoms with Crippen LogP contribution in [-0.2, 0) is 0 Å². The summed E-state index contributed by atoms with van der Waals surface area (Å²) >= 11 is 2.17. The summed E-state index contributed by atoms with van der Waals surface area (Å²) in [6.07, 6.45) is 2.45. The van der Waals surface area contributed by atoms with Crippen LogP contribution >= 0.6 is 22.6 Å². The number of halogens is 1. The second kappa shape index (κ2) is 2.11. The molecule has 1 heterocycles. The average molecular weight is 250 g/mol. The Balaban J connectivity index is 2.40. The maximum absolute atomic E-state index is 5.49. The lowest BCUT2D eigenvalue weighted by Crippen LogP contribution is -1.86. The highest BCUT2D eigenvalue weighted by atomic mass is 127. The number of hydrogen-bond acceptors (Lipinski definition) is 3. The standard InChI is InChI=1S/C6H7IN2O/c7-4-5(3-1-2-3)10-9-6(4)8/h3H,1-2H2,(H2,8,9). The SMILES string of the molecule is Nc1noc(C2CC2)c1I. The maximum atomic E-state index is 5.49. The maximum Gasteiger partial charge on any atom is 0.180 e. The van der Waals surface area contributed by atoms with Crippen molar-refractivity contribution < 1.29 is 4.52 Å². The van der Waals surface area contributed by atoms with Crippen LogP contribution in [0.5, 0.6) is 0 Å². The first-order valence-electron chi connectivity index (χ1n) is 3.19. The first kappa shape index (κ1) is 6.45. The number of aromatic nitrogens is 1. The molecule has 0 spiro atoms. The number of nitrogens with two attached hydrogens (primary N) is 1. The third-order valence-electron chi connectivity index (χ3n) is 1.63. The molecular formula is C6H7IN2O. The molecule has 3 nitrogen and oxygen atoms in total. The van der Waals surface area contributed by atoms with E-state index in [-0.39, 0.29) is 0 Å². The lowest BCUT2D eigenvalue weighted by molar-refractivity contribution is 0.386. The molecule has 2 N–H and O–H groups in total. The highest BCUT2D eigenvalue weighted by Gasteiger charge is 2.30. The van der Waals surface area contributed by atoms with E-state index in [0.717, 1.165) is 9.33 Å². The van der Waals surface area contributed by atoms with Crippen LogP contribution in [0.1, 0.15) is 24.5 Å². The second-order valence-corrected chi connectivity index (χ2v) is 3.60. The van der Waals surface area contributed by atoms with Crippen molar-refractivity contribution in [2.24, 2.45) is 0 Å². The monoisotopic (exact) mass is 250 g/mol. The Morgan fingerprint density at radius 2 is 2.30 bits per heavy atom. The number of nitrogens with zero attached hydrogens (tertiary/aromatic N) is 1. The molecule has 0 bridgehead atoms. The van der Waals surface area contributed by atoms with Crippen molar-refractivity contribution in [2.45, 2.75) is 18.8 Å². The van der Waals surface area contributed by atoms with Crippen molar-refractivity contribution in [3.63, 3.8) is 0 Å². The minimum absolute atomic E-state index is 0.530. The minimum Gasteiger partial charge on any atom is -0.380 e. The van der Waals surface area contributed by atoms with E-state index in [1.807, 2.05) is 0 Å². The summed E-state index contributed by atoms with van der Waals surface area (Å²) < 4.78 is 6.04.